The molecule has 98 valence electrons. The Hall–Kier alpha value is -0.845. The lowest BCUT2D eigenvalue weighted by atomic mass is 9.79. The Kier molecular flexibility index (Phi) is 3.29. The summed E-state index contributed by atoms with van der Waals surface area (Å²) in [6.45, 7) is 7.93. The predicted octanol–water partition coefficient (Wildman–Crippen LogP) is 1.83. The van der Waals surface area contributed by atoms with Gasteiger partial charge in [0.05, 0.1) is 18.3 Å². The standard InChI is InChI=1S/C12H17BO4S/c1-11(2)12(3,4)17-13(16-11)8-6-7-18-9(8)10(14)15-5/h6-7H,1-5H3. The van der Waals surface area contributed by atoms with E-state index in [0.29, 0.717) is 4.88 Å². The van der Waals surface area contributed by atoms with Gasteiger partial charge in [0.1, 0.15) is 4.88 Å². The van der Waals surface area contributed by atoms with E-state index in [1.54, 1.807) is 0 Å². The first-order chi connectivity index (χ1) is 8.28. The van der Waals surface area contributed by atoms with E-state index in [1.165, 1.54) is 18.4 Å². The quantitative estimate of drug-likeness (QED) is 0.606. The summed E-state index contributed by atoms with van der Waals surface area (Å²) in [5.74, 6) is -0.352. The van der Waals surface area contributed by atoms with Crippen LogP contribution in [0.3, 0.4) is 0 Å². The van der Waals surface area contributed by atoms with Crippen LogP contribution >= 0.6 is 11.3 Å². The van der Waals surface area contributed by atoms with E-state index in [9.17, 15) is 4.79 Å². The Bertz CT molecular complexity index is 450. The molecule has 0 bridgehead atoms. The van der Waals surface area contributed by atoms with Crippen LogP contribution in [0, 0.1) is 0 Å². The second-order valence-corrected chi connectivity index (χ2v) is 6.20. The van der Waals surface area contributed by atoms with E-state index in [1.807, 2.05) is 39.1 Å². The molecule has 0 N–H and O–H groups in total. The first kappa shape index (κ1) is 13.6. The topological polar surface area (TPSA) is 44.8 Å². The van der Waals surface area contributed by atoms with Crippen LogP contribution < -0.4 is 5.46 Å². The Morgan fingerprint density at radius 3 is 2.33 bits per heavy atom. The fourth-order valence-electron chi connectivity index (χ4n) is 1.73. The third-order valence-corrected chi connectivity index (χ3v) is 4.48. The molecule has 1 aromatic rings. The highest BCUT2D eigenvalue weighted by Crippen LogP contribution is 2.37. The number of methoxy groups -OCH3 is 1. The summed E-state index contributed by atoms with van der Waals surface area (Å²) < 4.78 is 16.6. The van der Waals surface area contributed by atoms with Crippen LogP contribution in [0.15, 0.2) is 11.4 Å². The van der Waals surface area contributed by atoms with Gasteiger partial charge in [-0.1, -0.05) is 6.07 Å². The number of rotatable bonds is 2. The number of hydrogen-bond acceptors (Lipinski definition) is 5. The van der Waals surface area contributed by atoms with Gasteiger partial charge in [-0.15, -0.1) is 11.3 Å². The van der Waals surface area contributed by atoms with Gasteiger partial charge in [-0.3, -0.25) is 0 Å². The lowest BCUT2D eigenvalue weighted by molar-refractivity contribution is 0.00578. The van der Waals surface area contributed by atoms with E-state index < -0.39 is 18.3 Å². The lowest BCUT2D eigenvalue weighted by Crippen LogP contribution is -2.41. The maximum absolute atomic E-state index is 11.7. The third-order valence-electron chi connectivity index (χ3n) is 3.57. The Labute approximate surface area is 111 Å². The van der Waals surface area contributed by atoms with Gasteiger partial charge < -0.3 is 14.0 Å². The number of carbonyl (C=O) groups excluding carboxylic acids is 1. The van der Waals surface area contributed by atoms with Crippen molar-refractivity contribution in [1.29, 1.82) is 0 Å². The van der Waals surface area contributed by atoms with E-state index in [-0.39, 0.29) is 5.97 Å². The lowest BCUT2D eigenvalue weighted by Gasteiger charge is -2.32. The summed E-state index contributed by atoms with van der Waals surface area (Å²) in [6.07, 6.45) is 0. The second-order valence-electron chi connectivity index (χ2n) is 5.28. The van der Waals surface area contributed by atoms with Crippen molar-refractivity contribution < 1.29 is 18.8 Å². The van der Waals surface area contributed by atoms with E-state index in [0.717, 1.165) is 5.46 Å². The van der Waals surface area contributed by atoms with Crippen LogP contribution in [-0.4, -0.2) is 31.4 Å². The predicted molar refractivity (Wildman–Crippen MR) is 71.4 cm³/mol. The first-order valence-corrected chi connectivity index (χ1v) is 6.68. The zero-order valence-corrected chi connectivity index (χ0v) is 12.1. The van der Waals surface area contributed by atoms with Crippen LogP contribution in [0.4, 0.5) is 0 Å². The van der Waals surface area contributed by atoms with Crippen molar-refractivity contribution in [3.8, 4) is 0 Å². The molecule has 2 rings (SSSR count). The molecule has 4 nitrogen and oxygen atoms in total. The minimum Gasteiger partial charge on any atom is -0.465 e. The molecule has 2 heterocycles. The van der Waals surface area contributed by atoms with Crippen LogP contribution in [0.2, 0.25) is 0 Å². The van der Waals surface area contributed by atoms with Gasteiger partial charge in [0, 0.05) is 5.46 Å². The fourth-order valence-corrected chi connectivity index (χ4v) is 2.56. The van der Waals surface area contributed by atoms with E-state index >= 15 is 0 Å². The van der Waals surface area contributed by atoms with Gasteiger partial charge >= 0.3 is 13.1 Å². The smallest absolute Gasteiger partial charge is 0.465 e. The van der Waals surface area contributed by atoms with Gasteiger partial charge in [-0.05, 0) is 33.1 Å². The molecule has 1 fully saturated rings. The van der Waals surface area contributed by atoms with Crippen molar-refractivity contribution in [2.75, 3.05) is 7.11 Å². The summed E-state index contributed by atoms with van der Waals surface area (Å²) in [4.78, 5) is 12.2. The maximum atomic E-state index is 11.7. The van der Waals surface area contributed by atoms with Gasteiger partial charge in [0.15, 0.2) is 0 Å². The molecule has 6 heteroatoms. The van der Waals surface area contributed by atoms with Gasteiger partial charge in [0.2, 0.25) is 0 Å². The van der Waals surface area contributed by atoms with Crippen molar-refractivity contribution in [2.45, 2.75) is 38.9 Å². The molecule has 0 spiro atoms. The molecule has 0 unspecified atom stereocenters. The minimum atomic E-state index is -0.518. The molecular formula is C12H17BO4S. The number of carbonyl (C=O) groups is 1. The largest absolute Gasteiger partial charge is 0.496 e. The highest BCUT2D eigenvalue weighted by molar-refractivity contribution is 7.13. The first-order valence-electron chi connectivity index (χ1n) is 5.80. The second kappa shape index (κ2) is 4.37. The minimum absolute atomic E-state index is 0.352. The SMILES string of the molecule is COC(=O)c1sccc1B1OC(C)(C)C(C)(C)O1. The molecule has 0 radical (unpaired) electrons. The monoisotopic (exact) mass is 268 g/mol. The van der Waals surface area contributed by atoms with Crippen molar-refractivity contribution >= 4 is 29.9 Å². The normalized spacial score (nSPS) is 21.1. The molecule has 18 heavy (non-hydrogen) atoms. The molecule has 1 aromatic heterocycles. The molecule has 1 aliphatic rings. The Morgan fingerprint density at radius 2 is 1.83 bits per heavy atom. The summed E-state index contributed by atoms with van der Waals surface area (Å²) >= 11 is 1.33. The summed E-state index contributed by atoms with van der Waals surface area (Å²) in [6, 6.07) is 1.85. The van der Waals surface area contributed by atoms with E-state index in [2.05, 4.69) is 0 Å². The molecule has 0 atom stereocenters. The fraction of sp³-hybridized carbons (Fsp3) is 0.583. The Morgan fingerprint density at radius 1 is 1.28 bits per heavy atom. The van der Waals surface area contributed by atoms with Crippen molar-refractivity contribution in [3.63, 3.8) is 0 Å². The number of thiophene rings is 1. The van der Waals surface area contributed by atoms with Crippen LogP contribution in [-0.2, 0) is 14.0 Å². The molecular weight excluding hydrogens is 251 g/mol. The zero-order valence-electron chi connectivity index (χ0n) is 11.3. The highest BCUT2D eigenvalue weighted by atomic mass is 32.1. The zero-order chi connectivity index (χ0) is 13.6. The van der Waals surface area contributed by atoms with Gasteiger partial charge in [-0.2, -0.15) is 0 Å². The van der Waals surface area contributed by atoms with Crippen molar-refractivity contribution in [3.05, 3.63) is 16.3 Å². The molecule has 0 aromatic carbocycles. The van der Waals surface area contributed by atoms with Crippen LogP contribution in [0.5, 0.6) is 0 Å². The number of ether oxygens (including phenoxy) is 1. The van der Waals surface area contributed by atoms with E-state index in [4.69, 9.17) is 14.0 Å². The molecule has 0 aliphatic carbocycles. The van der Waals surface area contributed by atoms with Crippen molar-refractivity contribution in [2.24, 2.45) is 0 Å². The highest BCUT2D eigenvalue weighted by Gasteiger charge is 2.52. The molecule has 1 aliphatic heterocycles. The van der Waals surface area contributed by atoms with Gasteiger partial charge in [-0.25, -0.2) is 4.79 Å². The molecule has 0 amide bonds. The maximum Gasteiger partial charge on any atom is 0.496 e. The average molecular weight is 268 g/mol. The summed E-state index contributed by atoms with van der Waals surface area (Å²) in [7, 11) is 0.853. The number of hydrogen-bond donors (Lipinski definition) is 0. The third kappa shape index (κ3) is 2.09. The summed E-state index contributed by atoms with van der Waals surface area (Å²) in [5, 5.41) is 1.84. The van der Waals surface area contributed by atoms with Gasteiger partial charge in [0.25, 0.3) is 0 Å². The average Bonchev–Trinajstić information content (AvgIpc) is 2.81. The summed E-state index contributed by atoms with van der Waals surface area (Å²) in [5.41, 5.74) is -0.0783. The van der Waals surface area contributed by atoms with Crippen LogP contribution in [0.1, 0.15) is 37.4 Å². The Balaban J connectivity index is 2.30. The van der Waals surface area contributed by atoms with Crippen LogP contribution in [0.25, 0.3) is 0 Å². The molecule has 0 saturated carbocycles. The number of esters is 1. The molecule has 1 saturated heterocycles. The van der Waals surface area contributed by atoms with Crippen molar-refractivity contribution in [1.82, 2.24) is 0 Å².